The third-order valence-corrected chi connectivity index (χ3v) is 2.45. The average molecular weight is 256 g/mol. The molecule has 0 amide bonds. The van der Waals surface area contributed by atoms with Gasteiger partial charge in [0.15, 0.2) is 0 Å². The van der Waals surface area contributed by atoms with Crippen molar-refractivity contribution in [1.82, 2.24) is 0 Å². The minimum Gasteiger partial charge on any atom is -0.382 e. The number of anilines is 1. The molecule has 1 aromatic carbocycles. The van der Waals surface area contributed by atoms with E-state index in [-0.39, 0.29) is 5.69 Å². The quantitative estimate of drug-likeness (QED) is 0.650. The van der Waals surface area contributed by atoms with Crippen molar-refractivity contribution in [2.75, 3.05) is 19.0 Å². The molecule has 1 aromatic rings. The first-order valence-corrected chi connectivity index (χ1v) is 5.48. The van der Waals surface area contributed by atoms with E-state index in [1.165, 1.54) is 6.07 Å². The number of rotatable bonds is 5. The molecule has 0 saturated heterocycles. The van der Waals surface area contributed by atoms with Crippen LogP contribution in [0.15, 0.2) is 12.1 Å². The van der Waals surface area contributed by atoms with E-state index in [9.17, 15) is 14.5 Å². The molecule has 0 aliphatic rings. The summed E-state index contributed by atoms with van der Waals surface area (Å²) in [6.07, 6.45) is 0. The van der Waals surface area contributed by atoms with Crippen molar-refractivity contribution >= 4 is 11.4 Å². The van der Waals surface area contributed by atoms with Crippen LogP contribution in [0.25, 0.3) is 0 Å². The second-order valence-corrected chi connectivity index (χ2v) is 4.82. The van der Waals surface area contributed by atoms with Crippen molar-refractivity contribution < 1.29 is 14.1 Å². The fourth-order valence-corrected chi connectivity index (χ4v) is 1.68. The molecule has 0 radical (unpaired) electrons. The Kier molecular flexibility index (Phi) is 4.24. The summed E-state index contributed by atoms with van der Waals surface area (Å²) in [5.74, 6) is -0.586. The van der Waals surface area contributed by atoms with Gasteiger partial charge in [0, 0.05) is 7.11 Å². The fraction of sp³-hybridized carbons (Fsp3) is 0.500. The van der Waals surface area contributed by atoms with Gasteiger partial charge in [0.05, 0.1) is 23.1 Å². The molecular weight excluding hydrogens is 239 g/mol. The number of halogens is 1. The number of nitro benzene ring substituents is 1. The molecule has 0 aromatic heterocycles. The molecule has 6 heteroatoms. The molecular formula is C12H17FN2O3. The maximum absolute atomic E-state index is 13.3. The van der Waals surface area contributed by atoms with Crippen LogP contribution in [0.1, 0.15) is 19.4 Å². The van der Waals surface area contributed by atoms with Crippen molar-refractivity contribution in [2.24, 2.45) is 0 Å². The summed E-state index contributed by atoms with van der Waals surface area (Å²) in [5, 5.41) is 13.9. The molecule has 1 rings (SSSR count). The fourth-order valence-electron chi connectivity index (χ4n) is 1.68. The number of nitro groups is 1. The predicted molar refractivity (Wildman–Crippen MR) is 67.4 cm³/mol. The molecule has 0 unspecified atom stereocenters. The van der Waals surface area contributed by atoms with Crippen LogP contribution >= 0.6 is 0 Å². The number of methoxy groups -OCH3 is 1. The summed E-state index contributed by atoms with van der Waals surface area (Å²) in [7, 11) is 1.55. The van der Waals surface area contributed by atoms with Gasteiger partial charge in [-0.25, -0.2) is 4.39 Å². The first kappa shape index (κ1) is 14.4. The van der Waals surface area contributed by atoms with Crippen LogP contribution in [0.5, 0.6) is 0 Å². The third kappa shape index (κ3) is 3.40. The van der Waals surface area contributed by atoms with Crippen LogP contribution in [0.2, 0.25) is 0 Å². The Morgan fingerprint density at radius 1 is 1.50 bits per heavy atom. The Labute approximate surface area is 105 Å². The van der Waals surface area contributed by atoms with Gasteiger partial charge in [-0.2, -0.15) is 0 Å². The first-order chi connectivity index (χ1) is 8.26. The Morgan fingerprint density at radius 2 is 2.11 bits per heavy atom. The number of aryl methyl sites for hydroxylation is 1. The first-order valence-electron chi connectivity index (χ1n) is 5.48. The summed E-state index contributed by atoms with van der Waals surface area (Å²) in [5.41, 5.74) is -0.108. The molecule has 0 spiro atoms. The smallest absolute Gasteiger partial charge is 0.295 e. The molecule has 1 N–H and O–H groups in total. The Hall–Kier alpha value is -1.69. The highest BCUT2D eigenvalue weighted by molar-refractivity contribution is 5.64. The molecule has 0 bridgehead atoms. The molecule has 0 fully saturated rings. The van der Waals surface area contributed by atoms with Gasteiger partial charge in [-0.15, -0.1) is 0 Å². The van der Waals surface area contributed by atoms with Crippen molar-refractivity contribution in [3.8, 4) is 0 Å². The van der Waals surface area contributed by atoms with E-state index in [2.05, 4.69) is 5.32 Å². The molecule has 18 heavy (non-hydrogen) atoms. The lowest BCUT2D eigenvalue weighted by molar-refractivity contribution is -0.384. The number of ether oxygens (including phenoxy) is 1. The normalized spacial score (nSPS) is 11.4. The average Bonchev–Trinajstić information content (AvgIpc) is 2.22. The van der Waals surface area contributed by atoms with Crippen LogP contribution in [-0.2, 0) is 4.74 Å². The van der Waals surface area contributed by atoms with Gasteiger partial charge >= 0.3 is 0 Å². The summed E-state index contributed by atoms with van der Waals surface area (Å²) in [6, 6.07) is 2.37. The molecule has 100 valence electrons. The minimum atomic E-state index is -0.603. The zero-order chi connectivity index (χ0) is 13.9. The lowest BCUT2D eigenvalue weighted by Crippen LogP contribution is -2.36. The van der Waals surface area contributed by atoms with Gasteiger partial charge < -0.3 is 10.1 Å². The van der Waals surface area contributed by atoms with Crippen LogP contribution < -0.4 is 5.32 Å². The van der Waals surface area contributed by atoms with E-state index in [1.807, 2.05) is 13.8 Å². The van der Waals surface area contributed by atoms with E-state index >= 15 is 0 Å². The highest BCUT2D eigenvalue weighted by Gasteiger charge is 2.23. The van der Waals surface area contributed by atoms with Gasteiger partial charge in [-0.05, 0) is 32.4 Å². The van der Waals surface area contributed by atoms with Gasteiger partial charge in [0.1, 0.15) is 11.5 Å². The molecule has 0 aliphatic heterocycles. The van der Waals surface area contributed by atoms with E-state index in [1.54, 1.807) is 14.0 Å². The lowest BCUT2D eigenvalue weighted by atomic mass is 10.1. The Balaban J connectivity index is 3.15. The SMILES string of the molecule is COCC(C)(C)Nc1cc(C)c(F)cc1[N+](=O)[O-]. The van der Waals surface area contributed by atoms with Crippen LogP contribution in [0.4, 0.5) is 15.8 Å². The molecule has 0 aliphatic carbocycles. The topological polar surface area (TPSA) is 64.4 Å². The van der Waals surface area contributed by atoms with E-state index in [0.717, 1.165) is 6.07 Å². The number of nitrogens with zero attached hydrogens (tertiary/aromatic N) is 1. The summed E-state index contributed by atoms with van der Waals surface area (Å²) >= 11 is 0. The lowest BCUT2D eigenvalue weighted by Gasteiger charge is -2.26. The van der Waals surface area contributed by atoms with E-state index in [0.29, 0.717) is 17.9 Å². The summed E-state index contributed by atoms with van der Waals surface area (Å²) < 4.78 is 18.4. The van der Waals surface area contributed by atoms with Crippen LogP contribution in [-0.4, -0.2) is 24.2 Å². The van der Waals surface area contributed by atoms with Gasteiger partial charge in [-0.3, -0.25) is 10.1 Å². The predicted octanol–water partition coefficient (Wildman–Crippen LogP) is 2.88. The zero-order valence-electron chi connectivity index (χ0n) is 10.9. The van der Waals surface area contributed by atoms with E-state index in [4.69, 9.17) is 4.74 Å². The number of hydrogen-bond donors (Lipinski definition) is 1. The maximum atomic E-state index is 13.3. The standard InChI is InChI=1S/C12H17FN2O3/c1-8-5-10(14-12(2,3)7-18-4)11(15(16)17)6-9(8)13/h5-6,14H,7H2,1-4H3. The monoisotopic (exact) mass is 256 g/mol. The highest BCUT2D eigenvalue weighted by atomic mass is 19.1. The van der Waals surface area contributed by atoms with E-state index < -0.39 is 16.3 Å². The molecule has 0 atom stereocenters. The zero-order valence-corrected chi connectivity index (χ0v) is 10.9. The molecule has 0 saturated carbocycles. The van der Waals surface area contributed by atoms with Gasteiger partial charge in [-0.1, -0.05) is 0 Å². The highest BCUT2D eigenvalue weighted by Crippen LogP contribution is 2.29. The summed E-state index contributed by atoms with van der Waals surface area (Å²) in [6.45, 7) is 5.63. The number of benzene rings is 1. The molecule has 5 nitrogen and oxygen atoms in total. The molecule has 0 heterocycles. The number of hydrogen-bond acceptors (Lipinski definition) is 4. The van der Waals surface area contributed by atoms with Crippen molar-refractivity contribution in [3.63, 3.8) is 0 Å². The summed E-state index contributed by atoms with van der Waals surface area (Å²) in [4.78, 5) is 10.3. The second kappa shape index (κ2) is 5.30. The minimum absolute atomic E-state index is 0.276. The van der Waals surface area contributed by atoms with Gasteiger partial charge in [0.25, 0.3) is 5.69 Å². The largest absolute Gasteiger partial charge is 0.382 e. The maximum Gasteiger partial charge on any atom is 0.295 e. The second-order valence-electron chi connectivity index (χ2n) is 4.82. The Morgan fingerprint density at radius 3 is 2.61 bits per heavy atom. The third-order valence-electron chi connectivity index (χ3n) is 2.45. The van der Waals surface area contributed by atoms with Crippen LogP contribution in [0.3, 0.4) is 0 Å². The van der Waals surface area contributed by atoms with Gasteiger partial charge in [0.2, 0.25) is 0 Å². The van der Waals surface area contributed by atoms with Crippen LogP contribution in [0, 0.1) is 22.9 Å². The number of nitrogens with one attached hydrogen (secondary N) is 1. The Bertz CT molecular complexity index is 461. The van der Waals surface area contributed by atoms with Crippen molar-refractivity contribution in [1.29, 1.82) is 0 Å². The van der Waals surface area contributed by atoms with Crippen molar-refractivity contribution in [2.45, 2.75) is 26.3 Å². The van der Waals surface area contributed by atoms with Crippen molar-refractivity contribution in [3.05, 3.63) is 33.6 Å².